The summed E-state index contributed by atoms with van der Waals surface area (Å²) in [5, 5.41) is 0. The first-order chi connectivity index (χ1) is 8.39. The molecule has 0 atom stereocenters. The summed E-state index contributed by atoms with van der Waals surface area (Å²) in [5.41, 5.74) is 0. The minimum atomic E-state index is -2.93. The molecule has 0 rings (SSSR count). The molecule has 0 saturated heterocycles. The van der Waals surface area contributed by atoms with Crippen LogP contribution >= 0.6 is 0 Å². The second-order valence-corrected chi connectivity index (χ2v) is 12.2. The molecule has 0 fully saturated rings. The van der Waals surface area contributed by atoms with Crippen LogP contribution in [0.25, 0.3) is 0 Å². The van der Waals surface area contributed by atoms with Crippen LogP contribution in [0.2, 0.25) is 19.6 Å². The van der Waals surface area contributed by atoms with E-state index in [1.165, 1.54) is 0 Å². The lowest BCUT2D eigenvalue weighted by atomic mass is 10.5. The molecule has 0 amide bonds. The van der Waals surface area contributed by atoms with Gasteiger partial charge in [0.15, 0.2) is 8.32 Å². The van der Waals surface area contributed by atoms with Crippen molar-refractivity contribution in [2.24, 2.45) is 0 Å². The normalized spacial score (nSPS) is 13.0. The summed E-state index contributed by atoms with van der Waals surface area (Å²) >= 11 is 0. The Bertz CT molecular complexity index is 185. The van der Waals surface area contributed by atoms with E-state index < -0.39 is 17.4 Å². The average Bonchev–Trinajstić information content (AvgIpc) is 2.29. The van der Waals surface area contributed by atoms with E-state index in [-0.39, 0.29) is 0 Å². The third-order valence-corrected chi connectivity index (χ3v) is 7.00. The van der Waals surface area contributed by atoms with E-state index in [0.29, 0.717) is 19.8 Å². The van der Waals surface area contributed by atoms with E-state index in [1.54, 1.807) is 0 Å². The first-order valence-electron chi connectivity index (χ1n) is 7.01. The van der Waals surface area contributed by atoms with E-state index in [9.17, 15) is 0 Å². The highest BCUT2D eigenvalue weighted by molar-refractivity contribution is 6.78. The molecule has 0 aliphatic heterocycles. The highest BCUT2D eigenvalue weighted by atomic mass is 28.5. The second kappa shape index (κ2) is 9.22. The van der Waals surface area contributed by atoms with Crippen molar-refractivity contribution in [2.45, 2.75) is 59.7 Å². The predicted molar refractivity (Wildman–Crippen MR) is 78.9 cm³/mol. The van der Waals surface area contributed by atoms with Gasteiger partial charge in [0.1, 0.15) is 0 Å². The quantitative estimate of drug-likeness (QED) is 0.546. The smallest absolute Gasteiger partial charge is 0.394 e. The standard InChI is InChI=1S/C12H30O4Si2/c1-7-10-13-18(14-11-8-2,15-12-9-3)16-17(4,5)6/h7-12H2,1-6H3. The molecule has 0 N–H and O–H groups in total. The fourth-order valence-corrected chi connectivity index (χ4v) is 6.59. The van der Waals surface area contributed by atoms with Crippen molar-refractivity contribution < 1.29 is 17.4 Å². The molecule has 0 bridgehead atoms. The van der Waals surface area contributed by atoms with Gasteiger partial charge in [-0.2, -0.15) is 0 Å². The van der Waals surface area contributed by atoms with Gasteiger partial charge in [-0.1, -0.05) is 20.8 Å². The molecular weight excluding hydrogens is 264 g/mol. The first-order valence-corrected chi connectivity index (χ1v) is 12.0. The maximum atomic E-state index is 6.14. The van der Waals surface area contributed by atoms with Crippen molar-refractivity contribution in [1.82, 2.24) is 0 Å². The van der Waals surface area contributed by atoms with Gasteiger partial charge in [-0.05, 0) is 38.9 Å². The maximum Gasteiger partial charge on any atom is 0.669 e. The Hall–Kier alpha value is 0.274. The summed E-state index contributed by atoms with van der Waals surface area (Å²) in [6, 6.07) is 0. The zero-order valence-corrected chi connectivity index (χ0v) is 14.9. The van der Waals surface area contributed by atoms with E-state index in [0.717, 1.165) is 19.3 Å². The van der Waals surface area contributed by atoms with Gasteiger partial charge < -0.3 is 17.4 Å². The van der Waals surface area contributed by atoms with E-state index in [2.05, 4.69) is 40.4 Å². The zero-order chi connectivity index (χ0) is 14.1. The lowest BCUT2D eigenvalue weighted by Crippen LogP contribution is -2.55. The third kappa shape index (κ3) is 8.39. The molecule has 18 heavy (non-hydrogen) atoms. The van der Waals surface area contributed by atoms with Gasteiger partial charge in [0.2, 0.25) is 0 Å². The van der Waals surface area contributed by atoms with Crippen molar-refractivity contribution in [3.05, 3.63) is 0 Å². The molecule has 0 radical (unpaired) electrons. The van der Waals surface area contributed by atoms with Gasteiger partial charge in [0.25, 0.3) is 0 Å². The van der Waals surface area contributed by atoms with Gasteiger partial charge in [-0.25, -0.2) is 0 Å². The molecular formula is C12H30O4Si2. The molecule has 0 aromatic carbocycles. The van der Waals surface area contributed by atoms with Crippen LogP contribution in [-0.4, -0.2) is 37.2 Å². The Balaban J connectivity index is 4.73. The molecule has 0 spiro atoms. The van der Waals surface area contributed by atoms with Crippen molar-refractivity contribution in [3.63, 3.8) is 0 Å². The van der Waals surface area contributed by atoms with Crippen LogP contribution in [0.1, 0.15) is 40.0 Å². The summed E-state index contributed by atoms with van der Waals surface area (Å²) < 4.78 is 23.7. The molecule has 6 heteroatoms. The van der Waals surface area contributed by atoms with Gasteiger partial charge in [0.05, 0.1) is 0 Å². The number of hydrogen-bond donors (Lipinski definition) is 0. The summed E-state index contributed by atoms with van der Waals surface area (Å²) in [4.78, 5) is 0. The van der Waals surface area contributed by atoms with Crippen LogP contribution < -0.4 is 0 Å². The fourth-order valence-electron chi connectivity index (χ4n) is 1.27. The predicted octanol–water partition coefficient (Wildman–Crippen LogP) is 3.55. The highest BCUT2D eigenvalue weighted by Crippen LogP contribution is 2.19. The molecule has 0 heterocycles. The van der Waals surface area contributed by atoms with Gasteiger partial charge in [-0.15, -0.1) is 0 Å². The summed E-state index contributed by atoms with van der Waals surface area (Å²) in [5.74, 6) is 0. The van der Waals surface area contributed by atoms with Crippen molar-refractivity contribution >= 4 is 17.4 Å². The summed E-state index contributed by atoms with van der Waals surface area (Å²) in [6.07, 6.45) is 2.82. The largest absolute Gasteiger partial charge is 0.669 e. The third-order valence-electron chi connectivity index (χ3n) is 1.88. The van der Waals surface area contributed by atoms with Gasteiger partial charge >= 0.3 is 9.05 Å². The highest BCUT2D eigenvalue weighted by Gasteiger charge is 2.48. The molecule has 4 nitrogen and oxygen atoms in total. The molecule has 0 aromatic heterocycles. The zero-order valence-electron chi connectivity index (χ0n) is 12.9. The molecule has 0 unspecified atom stereocenters. The molecule has 0 aromatic rings. The monoisotopic (exact) mass is 294 g/mol. The average molecular weight is 295 g/mol. The lowest BCUT2D eigenvalue weighted by molar-refractivity contribution is -0.00182. The van der Waals surface area contributed by atoms with Crippen molar-refractivity contribution in [1.29, 1.82) is 0 Å². The Kier molecular flexibility index (Phi) is 9.36. The van der Waals surface area contributed by atoms with E-state index in [1.807, 2.05) is 0 Å². The topological polar surface area (TPSA) is 36.9 Å². The van der Waals surface area contributed by atoms with Crippen LogP contribution in [0, 0.1) is 0 Å². The van der Waals surface area contributed by atoms with E-state index in [4.69, 9.17) is 17.4 Å². The first kappa shape index (κ1) is 18.3. The minimum absolute atomic E-state index is 0.629. The van der Waals surface area contributed by atoms with Crippen molar-refractivity contribution in [3.8, 4) is 0 Å². The maximum absolute atomic E-state index is 6.14. The number of rotatable bonds is 11. The fraction of sp³-hybridized carbons (Fsp3) is 1.00. The number of hydrogen-bond acceptors (Lipinski definition) is 4. The van der Waals surface area contributed by atoms with Crippen LogP contribution in [0.3, 0.4) is 0 Å². The van der Waals surface area contributed by atoms with Gasteiger partial charge in [-0.3, -0.25) is 0 Å². The van der Waals surface area contributed by atoms with Crippen LogP contribution in [0.15, 0.2) is 0 Å². The molecule has 110 valence electrons. The SMILES string of the molecule is CCCO[Si](OCCC)(OCCC)O[Si](C)(C)C. The van der Waals surface area contributed by atoms with E-state index >= 15 is 0 Å². The molecule has 0 aliphatic rings. The summed E-state index contributed by atoms with van der Waals surface area (Å²) in [6.45, 7) is 14.5. The minimum Gasteiger partial charge on any atom is -0.394 e. The Morgan fingerprint density at radius 1 is 0.667 bits per heavy atom. The Morgan fingerprint density at radius 2 is 1.00 bits per heavy atom. The van der Waals surface area contributed by atoms with Crippen molar-refractivity contribution in [2.75, 3.05) is 19.8 Å². The van der Waals surface area contributed by atoms with Crippen LogP contribution in [0.4, 0.5) is 0 Å². The molecule has 0 aliphatic carbocycles. The van der Waals surface area contributed by atoms with Gasteiger partial charge in [0, 0.05) is 19.8 Å². The molecule has 0 saturated carbocycles. The lowest BCUT2D eigenvalue weighted by Gasteiger charge is -2.33. The Labute approximate surface area is 115 Å². The Morgan fingerprint density at radius 3 is 1.22 bits per heavy atom. The van der Waals surface area contributed by atoms with Crippen LogP contribution in [-0.2, 0) is 17.4 Å². The van der Waals surface area contributed by atoms with Crippen LogP contribution in [0.5, 0.6) is 0 Å². The second-order valence-electron chi connectivity index (χ2n) is 5.26. The summed E-state index contributed by atoms with van der Waals surface area (Å²) in [7, 11) is -4.69.